The minimum absolute atomic E-state index is 0.325. The van der Waals surface area contributed by atoms with Crippen molar-refractivity contribution in [1.29, 1.82) is 0 Å². The monoisotopic (exact) mass is 321 g/mol. The number of methoxy groups -OCH3 is 2. The standard InChI is InChI=1S/C16H19NO6/c1-21-9-5-8(6-10(7-9)22-2)17-15(18)13-11-3-4-12(23-11)14(13)16(19)20/h5-7,11-14H,3-4H2,1-2H3,(H,17,18)(H,19,20)/t11-,12+,13-,14+/m1/s1. The van der Waals surface area contributed by atoms with Gasteiger partial charge in [0.2, 0.25) is 5.91 Å². The molecule has 2 bridgehead atoms. The van der Waals surface area contributed by atoms with Crippen LogP contribution in [-0.4, -0.2) is 43.4 Å². The largest absolute Gasteiger partial charge is 0.497 e. The summed E-state index contributed by atoms with van der Waals surface area (Å²) in [4.78, 5) is 24.0. The molecule has 2 aliphatic heterocycles. The maximum atomic E-state index is 12.6. The summed E-state index contributed by atoms with van der Waals surface area (Å²) in [5.74, 6) is -1.72. The van der Waals surface area contributed by atoms with Gasteiger partial charge in [-0.1, -0.05) is 0 Å². The molecule has 2 aliphatic rings. The highest BCUT2D eigenvalue weighted by atomic mass is 16.5. The van der Waals surface area contributed by atoms with Crippen LogP contribution in [0.4, 0.5) is 5.69 Å². The van der Waals surface area contributed by atoms with Crippen LogP contribution in [0.5, 0.6) is 11.5 Å². The minimum Gasteiger partial charge on any atom is -0.497 e. The van der Waals surface area contributed by atoms with Crippen molar-refractivity contribution in [2.24, 2.45) is 11.8 Å². The predicted molar refractivity (Wildman–Crippen MR) is 80.7 cm³/mol. The van der Waals surface area contributed by atoms with E-state index in [1.165, 1.54) is 14.2 Å². The fourth-order valence-electron chi connectivity index (χ4n) is 3.43. The smallest absolute Gasteiger partial charge is 0.310 e. The Kier molecular flexibility index (Phi) is 4.12. The molecule has 2 heterocycles. The number of anilines is 1. The fourth-order valence-corrected chi connectivity index (χ4v) is 3.43. The molecular weight excluding hydrogens is 302 g/mol. The number of carboxylic acid groups (broad SMARTS) is 1. The molecule has 2 fully saturated rings. The van der Waals surface area contributed by atoms with E-state index in [1.807, 2.05) is 0 Å². The number of carbonyl (C=O) groups excluding carboxylic acids is 1. The topological polar surface area (TPSA) is 94.1 Å². The van der Waals surface area contributed by atoms with Crippen LogP contribution in [0, 0.1) is 11.8 Å². The first-order valence-electron chi connectivity index (χ1n) is 7.45. The number of carbonyl (C=O) groups is 2. The Bertz CT molecular complexity index is 609. The van der Waals surface area contributed by atoms with Gasteiger partial charge < -0.3 is 24.6 Å². The number of hydrogen-bond donors (Lipinski definition) is 2. The summed E-state index contributed by atoms with van der Waals surface area (Å²) >= 11 is 0. The summed E-state index contributed by atoms with van der Waals surface area (Å²) in [6, 6.07) is 5.00. The van der Waals surface area contributed by atoms with Crippen molar-refractivity contribution in [2.75, 3.05) is 19.5 Å². The van der Waals surface area contributed by atoms with Gasteiger partial charge in [-0.3, -0.25) is 9.59 Å². The van der Waals surface area contributed by atoms with Crippen LogP contribution in [-0.2, 0) is 14.3 Å². The van der Waals surface area contributed by atoms with E-state index in [2.05, 4.69) is 5.32 Å². The zero-order valence-electron chi connectivity index (χ0n) is 12.9. The summed E-state index contributed by atoms with van der Waals surface area (Å²) < 4.78 is 15.9. The highest BCUT2D eigenvalue weighted by Crippen LogP contribution is 2.44. The molecule has 0 saturated carbocycles. The number of rotatable bonds is 5. The minimum atomic E-state index is -0.986. The number of carboxylic acids is 1. The molecule has 0 radical (unpaired) electrons. The summed E-state index contributed by atoms with van der Waals surface area (Å²) in [6.45, 7) is 0. The van der Waals surface area contributed by atoms with Gasteiger partial charge in [0, 0.05) is 23.9 Å². The van der Waals surface area contributed by atoms with Crippen LogP contribution in [0.25, 0.3) is 0 Å². The van der Waals surface area contributed by atoms with Crippen LogP contribution in [0.3, 0.4) is 0 Å². The first-order valence-corrected chi connectivity index (χ1v) is 7.45. The van der Waals surface area contributed by atoms with Crippen LogP contribution < -0.4 is 14.8 Å². The molecule has 0 aliphatic carbocycles. The van der Waals surface area contributed by atoms with Gasteiger partial charge in [-0.15, -0.1) is 0 Å². The van der Waals surface area contributed by atoms with Crippen molar-refractivity contribution >= 4 is 17.6 Å². The fraction of sp³-hybridized carbons (Fsp3) is 0.500. The SMILES string of the molecule is COc1cc(NC(=O)[C@H]2[C@@H](C(=O)O)[C@@H]3CC[C@H]2O3)cc(OC)c1. The number of fused-ring (bicyclic) bond motifs is 2. The third-order valence-electron chi connectivity index (χ3n) is 4.48. The first-order chi connectivity index (χ1) is 11.0. The normalized spacial score (nSPS) is 28.4. The average Bonchev–Trinajstić information content (AvgIpc) is 3.15. The first kappa shape index (κ1) is 15.6. The average molecular weight is 321 g/mol. The van der Waals surface area contributed by atoms with Crippen molar-refractivity contribution in [2.45, 2.75) is 25.0 Å². The maximum absolute atomic E-state index is 12.6. The molecule has 7 nitrogen and oxygen atoms in total. The van der Waals surface area contributed by atoms with Crippen LogP contribution in [0.1, 0.15) is 12.8 Å². The molecule has 124 valence electrons. The number of benzene rings is 1. The van der Waals surface area contributed by atoms with Crippen molar-refractivity contribution in [3.05, 3.63) is 18.2 Å². The molecule has 1 aromatic carbocycles. The van der Waals surface area contributed by atoms with E-state index in [0.717, 1.165) is 0 Å². The molecule has 7 heteroatoms. The van der Waals surface area contributed by atoms with Crippen molar-refractivity contribution in [3.8, 4) is 11.5 Å². The summed E-state index contributed by atoms with van der Waals surface area (Å²) in [5.41, 5.74) is 0.498. The van der Waals surface area contributed by atoms with Crippen LogP contribution in [0.2, 0.25) is 0 Å². The molecule has 0 aromatic heterocycles. The van der Waals surface area contributed by atoms with Gasteiger partial charge in [-0.05, 0) is 12.8 Å². The van der Waals surface area contributed by atoms with E-state index in [0.29, 0.717) is 30.0 Å². The molecule has 4 atom stereocenters. The molecule has 0 spiro atoms. The number of ether oxygens (including phenoxy) is 3. The number of hydrogen-bond acceptors (Lipinski definition) is 5. The van der Waals surface area contributed by atoms with Crippen LogP contribution >= 0.6 is 0 Å². The maximum Gasteiger partial charge on any atom is 0.310 e. The van der Waals surface area contributed by atoms with Gasteiger partial charge in [0.1, 0.15) is 11.5 Å². The summed E-state index contributed by atoms with van der Waals surface area (Å²) in [6.07, 6.45) is 0.716. The quantitative estimate of drug-likeness (QED) is 0.854. The Balaban J connectivity index is 1.80. The Hall–Kier alpha value is -2.28. The lowest BCUT2D eigenvalue weighted by Gasteiger charge is -2.24. The molecule has 23 heavy (non-hydrogen) atoms. The van der Waals surface area contributed by atoms with Crippen molar-refractivity contribution in [1.82, 2.24) is 0 Å². The Labute approximate surface area is 133 Å². The molecule has 1 amide bonds. The lowest BCUT2D eigenvalue weighted by Crippen LogP contribution is -2.40. The number of amides is 1. The van der Waals surface area contributed by atoms with Gasteiger partial charge in [-0.25, -0.2) is 0 Å². The lowest BCUT2D eigenvalue weighted by atomic mass is 9.78. The van der Waals surface area contributed by atoms with E-state index in [9.17, 15) is 14.7 Å². The molecule has 2 saturated heterocycles. The molecule has 2 N–H and O–H groups in total. The second-order valence-electron chi connectivity index (χ2n) is 5.77. The third kappa shape index (κ3) is 2.84. The molecule has 0 unspecified atom stereocenters. The lowest BCUT2D eigenvalue weighted by molar-refractivity contribution is -0.147. The van der Waals surface area contributed by atoms with Gasteiger partial charge in [0.15, 0.2) is 0 Å². The van der Waals surface area contributed by atoms with Crippen molar-refractivity contribution < 1.29 is 28.9 Å². The van der Waals surface area contributed by atoms with Crippen molar-refractivity contribution in [3.63, 3.8) is 0 Å². The molecular formula is C16H19NO6. The van der Waals surface area contributed by atoms with E-state index in [1.54, 1.807) is 18.2 Å². The second kappa shape index (κ2) is 6.08. The van der Waals surface area contributed by atoms with E-state index >= 15 is 0 Å². The van der Waals surface area contributed by atoms with E-state index in [4.69, 9.17) is 14.2 Å². The van der Waals surface area contributed by atoms with E-state index in [-0.39, 0.29) is 18.1 Å². The second-order valence-corrected chi connectivity index (χ2v) is 5.77. The predicted octanol–water partition coefficient (Wildman–Crippen LogP) is 1.52. The zero-order valence-corrected chi connectivity index (χ0v) is 12.9. The van der Waals surface area contributed by atoms with Gasteiger partial charge in [0.25, 0.3) is 0 Å². The van der Waals surface area contributed by atoms with Gasteiger partial charge >= 0.3 is 5.97 Å². The summed E-state index contributed by atoms with van der Waals surface area (Å²) in [5, 5.41) is 12.1. The number of aliphatic carboxylic acids is 1. The van der Waals surface area contributed by atoms with Gasteiger partial charge in [-0.2, -0.15) is 0 Å². The third-order valence-corrected chi connectivity index (χ3v) is 4.48. The highest BCUT2D eigenvalue weighted by molar-refractivity contribution is 5.96. The Morgan fingerprint density at radius 3 is 2.17 bits per heavy atom. The zero-order chi connectivity index (χ0) is 16.6. The number of nitrogens with one attached hydrogen (secondary N) is 1. The van der Waals surface area contributed by atoms with E-state index < -0.39 is 17.8 Å². The molecule has 3 rings (SSSR count). The Morgan fingerprint density at radius 2 is 1.65 bits per heavy atom. The molecule has 1 aromatic rings. The summed E-state index contributed by atoms with van der Waals surface area (Å²) in [7, 11) is 3.04. The van der Waals surface area contributed by atoms with Gasteiger partial charge in [0.05, 0.1) is 38.3 Å². The van der Waals surface area contributed by atoms with Crippen LogP contribution in [0.15, 0.2) is 18.2 Å². The Morgan fingerprint density at radius 1 is 1.09 bits per heavy atom. The highest BCUT2D eigenvalue weighted by Gasteiger charge is 2.55.